The van der Waals surface area contributed by atoms with Gasteiger partial charge in [0.25, 0.3) is 0 Å². The van der Waals surface area contributed by atoms with Crippen molar-refractivity contribution in [3.05, 3.63) is 30.2 Å². The Labute approximate surface area is 101 Å². The van der Waals surface area contributed by atoms with Crippen molar-refractivity contribution in [1.82, 2.24) is 14.7 Å². The normalized spacial score (nSPS) is 20.8. The van der Waals surface area contributed by atoms with Gasteiger partial charge in [0.15, 0.2) is 0 Å². The van der Waals surface area contributed by atoms with Gasteiger partial charge in [-0.05, 0) is 25.5 Å². The average molecular weight is 230 g/mol. The number of hydrogen-bond acceptors (Lipinski definition) is 3. The Balaban J connectivity index is 1.80. The van der Waals surface area contributed by atoms with E-state index in [0.29, 0.717) is 6.04 Å². The van der Waals surface area contributed by atoms with Crippen molar-refractivity contribution in [2.75, 3.05) is 12.3 Å². The maximum absolute atomic E-state index is 5.75. The molecule has 17 heavy (non-hydrogen) atoms. The zero-order valence-electron chi connectivity index (χ0n) is 9.89. The van der Waals surface area contributed by atoms with Gasteiger partial charge in [-0.25, -0.2) is 4.98 Å². The van der Waals surface area contributed by atoms with Crippen LogP contribution in [0.1, 0.15) is 25.0 Å². The van der Waals surface area contributed by atoms with Crippen molar-refractivity contribution >= 4 is 11.3 Å². The number of nitrogen functional groups attached to an aromatic ring is 1. The monoisotopic (exact) mass is 230 g/mol. The van der Waals surface area contributed by atoms with Crippen LogP contribution in [0.15, 0.2) is 24.5 Å². The number of nitrogens with two attached hydrogens (primary N) is 1. The van der Waals surface area contributed by atoms with E-state index in [1.807, 2.05) is 22.7 Å². The average Bonchev–Trinajstić information content (AvgIpc) is 2.71. The van der Waals surface area contributed by atoms with Crippen molar-refractivity contribution in [2.24, 2.45) is 0 Å². The van der Waals surface area contributed by atoms with Gasteiger partial charge in [0.2, 0.25) is 0 Å². The van der Waals surface area contributed by atoms with Crippen molar-refractivity contribution < 1.29 is 0 Å². The van der Waals surface area contributed by atoms with Gasteiger partial charge in [-0.15, -0.1) is 0 Å². The van der Waals surface area contributed by atoms with Crippen LogP contribution in [-0.4, -0.2) is 22.0 Å². The minimum atomic E-state index is 0.589. The molecule has 90 valence electrons. The first kappa shape index (κ1) is 10.6. The summed E-state index contributed by atoms with van der Waals surface area (Å²) >= 11 is 0. The van der Waals surface area contributed by atoms with Gasteiger partial charge in [-0.2, -0.15) is 0 Å². The van der Waals surface area contributed by atoms with Crippen LogP contribution in [0.2, 0.25) is 0 Å². The Morgan fingerprint density at radius 3 is 3.24 bits per heavy atom. The summed E-state index contributed by atoms with van der Waals surface area (Å²) in [7, 11) is 0. The lowest BCUT2D eigenvalue weighted by Gasteiger charge is -2.22. The minimum Gasteiger partial charge on any atom is -0.399 e. The Hall–Kier alpha value is -1.55. The van der Waals surface area contributed by atoms with E-state index in [0.717, 1.165) is 30.0 Å². The van der Waals surface area contributed by atoms with Gasteiger partial charge in [-0.1, -0.05) is 6.42 Å². The molecule has 0 aliphatic carbocycles. The fourth-order valence-electron chi connectivity index (χ4n) is 2.50. The molecule has 0 amide bonds. The van der Waals surface area contributed by atoms with E-state index in [1.54, 1.807) is 0 Å². The van der Waals surface area contributed by atoms with Crippen LogP contribution in [0.4, 0.5) is 5.69 Å². The molecule has 1 aliphatic rings. The second kappa shape index (κ2) is 4.37. The lowest BCUT2D eigenvalue weighted by molar-refractivity contribution is 0.397. The smallest absolute Gasteiger partial charge is 0.139 e. The summed E-state index contributed by atoms with van der Waals surface area (Å²) in [4.78, 5) is 4.61. The number of fused-ring (bicyclic) bond motifs is 1. The summed E-state index contributed by atoms with van der Waals surface area (Å²) in [5.41, 5.74) is 8.61. The lowest BCUT2D eigenvalue weighted by atomic mass is 10.0. The SMILES string of the molecule is Nc1ccn2cc(CC3CCCCN3)nc2c1. The molecule has 3 heterocycles. The van der Waals surface area contributed by atoms with Crippen LogP contribution in [0, 0.1) is 0 Å². The molecule has 1 unspecified atom stereocenters. The summed E-state index contributed by atoms with van der Waals surface area (Å²) in [6.45, 7) is 1.14. The number of nitrogens with one attached hydrogen (secondary N) is 1. The number of hydrogen-bond donors (Lipinski definition) is 2. The number of rotatable bonds is 2. The number of anilines is 1. The molecule has 1 aliphatic heterocycles. The van der Waals surface area contributed by atoms with Gasteiger partial charge < -0.3 is 15.5 Å². The number of piperidine rings is 1. The number of aromatic nitrogens is 2. The Morgan fingerprint density at radius 2 is 2.41 bits per heavy atom. The standard InChI is InChI=1S/C13H18N4/c14-10-4-6-17-9-12(16-13(17)7-10)8-11-3-1-2-5-15-11/h4,6-7,9,11,15H,1-3,5,8,14H2. The van der Waals surface area contributed by atoms with Gasteiger partial charge in [0, 0.05) is 36.6 Å². The molecule has 2 aromatic rings. The van der Waals surface area contributed by atoms with E-state index in [2.05, 4.69) is 16.5 Å². The largest absolute Gasteiger partial charge is 0.399 e. The van der Waals surface area contributed by atoms with Gasteiger partial charge in [0.05, 0.1) is 5.69 Å². The summed E-state index contributed by atoms with van der Waals surface area (Å²) in [5, 5.41) is 3.55. The van der Waals surface area contributed by atoms with E-state index >= 15 is 0 Å². The first-order valence-corrected chi connectivity index (χ1v) is 6.28. The number of pyridine rings is 1. The van der Waals surface area contributed by atoms with Crippen LogP contribution in [0.25, 0.3) is 5.65 Å². The second-order valence-electron chi connectivity index (χ2n) is 4.81. The summed E-state index contributed by atoms with van der Waals surface area (Å²) in [5.74, 6) is 0. The third kappa shape index (κ3) is 2.26. The first-order chi connectivity index (χ1) is 8.31. The quantitative estimate of drug-likeness (QED) is 0.824. The highest BCUT2D eigenvalue weighted by molar-refractivity contribution is 5.52. The molecular weight excluding hydrogens is 212 g/mol. The molecule has 1 saturated heterocycles. The molecule has 2 aromatic heterocycles. The number of imidazole rings is 1. The predicted molar refractivity (Wildman–Crippen MR) is 69.0 cm³/mol. The van der Waals surface area contributed by atoms with Crippen LogP contribution in [-0.2, 0) is 6.42 Å². The molecule has 4 heteroatoms. The van der Waals surface area contributed by atoms with Crippen LogP contribution >= 0.6 is 0 Å². The Bertz CT molecular complexity index is 511. The van der Waals surface area contributed by atoms with Crippen LogP contribution in [0.5, 0.6) is 0 Å². The maximum atomic E-state index is 5.75. The van der Waals surface area contributed by atoms with E-state index in [4.69, 9.17) is 5.73 Å². The lowest BCUT2D eigenvalue weighted by Crippen LogP contribution is -2.35. The van der Waals surface area contributed by atoms with E-state index in [1.165, 1.54) is 19.3 Å². The fraction of sp³-hybridized carbons (Fsp3) is 0.462. The summed E-state index contributed by atoms with van der Waals surface area (Å²) in [6.07, 6.45) is 8.98. The third-order valence-electron chi connectivity index (χ3n) is 3.40. The fourth-order valence-corrected chi connectivity index (χ4v) is 2.50. The number of nitrogens with zero attached hydrogens (tertiary/aromatic N) is 2. The third-order valence-corrected chi connectivity index (χ3v) is 3.40. The van der Waals surface area contributed by atoms with Crippen molar-refractivity contribution in [1.29, 1.82) is 0 Å². The molecule has 1 fully saturated rings. The first-order valence-electron chi connectivity index (χ1n) is 6.28. The summed E-state index contributed by atoms with van der Waals surface area (Å²) < 4.78 is 2.04. The highest BCUT2D eigenvalue weighted by atomic mass is 15.0. The van der Waals surface area contributed by atoms with Crippen molar-refractivity contribution in [3.63, 3.8) is 0 Å². The van der Waals surface area contributed by atoms with E-state index < -0.39 is 0 Å². The van der Waals surface area contributed by atoms with Gasteiger partial charge in [-0.3, -0.25) is 0 Å². The van der Waals surface area contributed by atoms with Gasteiger partial charge >= 0.3 is 0 Å². The Kier molecular flexibility index (Phi) is 2.73. The molecule has 0 aromatic carbocycles. The van der Waals surface area contributed by atoms with Crippen molar-refractivity contribution in [2.45, 2.75) is 31.7 Å². The molecule has 0 radical (unpaired) electrons. The molecule has 0 bridgehead atoms. The zero-order chi connectivity index (χ0) is 11.7. The van der Waals surface area contributed by atoms with Crippen LogP contribution < -0.4 is 11.1 Å². The zero-order valence-corrected chi connectivity index (χ0v) is 9.89. The van der Waals surface area contributed by atoms with Crippen LogP contribution in [0.3, 0.4) is 0 Å². The molecule has 3 rings (SSSR count). The predicted octanol–water partition coefficient (Wildman–Crippen LogP) is 1.60. The topological polar surface area (TPSA) is 55.4 Å². The summed E-state index contributed by atoms with van der Waals surface area (Å²) in [6, 6.07) is 4.40. The minimum absolute atomic E-state index is 0.589. The maximum Gasteiger partial charge on any atom is 0.139 e. The molecular formula is C13H18N4. The van der Waals surface area contributed by atoms with E-state index in [-0.39, 0.29) is 0 Å². The van der Waals surface area contributed by atoms with Gasteiger partial charge in [0.1, 0.15) is 5.65 Å². The highest BCUT2D eigenvalue weighted by Gasteiger charge is 2.14. The highest BCUT2D eigenvalue weighted by Crippen LogP contribution is 2.14. The second-order valence-corrected chi connectivity index (χ2v) is 4.81. The van der Waals surface area contributed by atoms with E-state index in [9.17, 15) is 0 Å². The molecule has 0 saturated carbocycles. The molecule has 3 N–H and O–H groups in total. The van der Waals surface area contributed by atoms with Crippen molar-refractivity contribution in [3.8, 4) is 0 Å². The Morgan fingerprint density at radius 1 is 1.47 bits per heavy atom. The molecule has 4 nitrogen and oxygen atoms in total. The molecule has 1 atom stereocenters. The molecule has 0 spiro atoms.